The zero-order valence-corrected chi connectivity index (χ0v) is 19.5. The number of alkyl carbamates (subject to hydrolysis) is 1. The molecule has 0 heterocycles. The van der Waals surface area contributed by atoms with E-state index in [0.717, 1.165) is 0 Å². The van der Waals surface area contributed by atoms with E-state index in [2.05, 4.69) is 17.2 Å². The van der Waals surface area contributed by atoms with E-state index < -0.39 is 46.8 Å². The largest absolute Gasteiger partial charge is 0.595 e. The van der Waals surface area contributed by atoms with Gasteiger partial charge < -0.3 is 31.0 Å². The van der Waals surface area contributed by atoms with Crippen LogP contribution in [-0.4, -0.2) is 46.8 Å². The van der Waals surface area contributed by atoms with Crippen LogP contribution < -0.4 is 21.6 Å². The standard InChI is InChI=1S/C22H32N4O8/c1-5-6-17(25-21(30)34-22(2,3)4)20(29)24-16(19(23)28)11-12-18(27)33-13-14-7-9-15(10-8-14)26(31)32/h5,7-10,16-17,26,31H,1,6,11-13H2,2-4H3,(H2,23,28)(H,24,29)(H,25,30). The van der Waals surface area contributed by atoms with Crippen molar-refractivity contribution in [3.63, 3.8) is 0 Å². The Kier molecular flexibility index (Phi) is 11.2. The molecule has 1 rings (SSSR count). The molecule has 0 radical (unpaired) electrons. The van der Waals surface area contributed by atoms with Crippen LogP contribution in [0, 0.1) is 5.21 Å². The lowest BCUT2D eigenvalue weighted by Crippen LogP contribution is -2.99. The zero-order chi connectivity index (χ0) is 25.9. The van der Waals surface area contributed by atoms with Crippen LogP contribution in [0.25, 0.3) is 0 Å². The van der Waals surface area contributed by atoms with E-state index in [-0.39, 0.29) is 31.6 Å². The van der Waals surface area contributed by atoms with E-state index in [4.69, 9.17) is 20.4 Å². The Morgan fingerprint density at radius 2 is 1.79 bits per heavy atom. The maximum Gasteiger partial charge on any atom is 0.408 e. The van der Waals surface area contributed by atoms with Gasteiger partial charge in [0.05, 0.1) is 0 Å². The molecule has 0 aliphatic heterocycles. The van der Waals surface area contributed by atoms with Crippen LogP contribution in [0.15, 0.2) is 36.9 Å². The fourth-order valence-corrected chi connectivity index (χ4v) is 2.65. The molecule has 0 aromatic heterocycles. The van der Waals surface area contributed by atoms with Gasteiger partial charge in [-0.2, -0.15) is 5.23 Å². The molecule has 0 aliphatic rings. The maximum absolute atomic E-state index is 12.6. The van der Waals surface area contributed by atoms with Crippen molar-refractivity contribution in [2.24, 2.45) is 5.73 Å². The van der Waals surface area contributed by atoms with Crippen LogP contribution in [0.4, 0.5) is 10.5 Å². The molecule has 3 amide bonds. The van der Waals surface area contributed by atoms with Gasteiger partial charge in [0.1, 0.15) is 24.3 Å². The molecule has 12 nitrogen and oxygen atoms in total. The third-order valence-corrected chi connectivity index (χ3v) is 4.31. The summed E-state index contributed by atoms with van der Waals surface area (Å²) in [5.74, 6) is -2.20. The first-order valence-electron chi connectivity index (χ1n) is 10.5. The summed E-state index contributed by atoms with van der Waals surface area (Å²) in [6.07, 6.45) is 0.336. The van der Waals surface area contributed by atoms with Gasteiger partial charge in [-0.15, -0.1) is 6.58 Å². The second kappa shape index (κ2) is 13.3. The Hall–Kier alpha value is -3.48. The van der Waals surface area contributed by atoms with E-state index in [0.29, 0.717) is 5.56 Å². The van der Waals surface area contributed by atoms with Crippen molar-refractivity contribution < 1.29 is 39.1 Å². The third kappa shape index (κ3) is 10.9. The average Bonchev–Trinajstić information content (AvgIpc) is 2.73. The van der Waals surface area contributed by atoms with E-state index in [1.165, 1.54) is 30.3 Å². The minimum absolute atomic E-state index is 0.0687. The number of carbonyl (C=O) groups excluding carboxylic acids is 4. The highest BCUT2D eigenvalue weighted by Crippen LogP contribution is 2.09. The molecule has 1 aromatic rings. The number of carbonyl (C=O) groups is 4. The first-order valence-corrected chi connectivity index (χ1v) is 10.5. The second-order valence-corrected chi connectivity index (χ2v) is 8.39. The highest BCUT2D eigenvalue weighted by atomic mass is 16.8. The second-order valence-electron chi connectivity index (χ2n) is 8.39. The van der Waals surface area contributed by atoms with Gasteiger partial charge in [0.2, 0.25) is 11.8 Å². The Bertz CT molecular complexity index is 865. The molecule has 0 bridgehead atoms. The van der Waals surface area contributed by atoms with Crippen LogP contribution in [0.1, 0.15) is 45.6 Å². The van der Waals surface area contributed by atoms with E-state index in [1.807, 2.05) is 0 Å². The fraction of sp³-hybridized carbons (Fsp3) is 0.455. The highest BCUT2D eigenvalue weighted by Gasteiger charge is 2.27. The zero-order valence-electron chi connectivity index (χ0n) is 19.5. The van der Waals surface area contributed by atoms with Gasteiger partial charge in [-0.25, -0.2) is 10.0 Å². The van der Waals surface area contributed by atoms with Gasteiger partial charge in [-0.1, -0.05) is 6.08 Å². The molecule has 0 saturated heterocycles. The number of nitrogens with one attached hydrogen (secondary N) is 3. The normalized spacial score (nSPS) is 13.7. The number of hydrogen-bond acceptors (Lipinski definition) is 8. The van der Waals surface area contributed by atoms with Crippen molar-refractivity contribution in [1.82, 2.24) is 10.6 Å². The summed E-state index contributed by atoms with van der Waals surface area (Å²) in [5.41, 5.74) is 5.26. The molecule has 0 spiro atoms. The average molecular weight is 481 g/mol. The first kappa shape index (κ1) is 28.6. The molecule has 6 N–H and O–H groups in total. The number of quaternary nitrogens is 1. The molecule has 1 aromatic carbocycles. The van der Waals surface area contributed by atoms with Gasteiger partial charge in [0.15, 0.2) is 5.69 Å². The first-order chi connectivity index (χ1) is 15.8. The van der Waals surface area contributed by atoms with Crippen molar-refractivity contribution in [3.05, 3.63) is 47.7 Å². The van der Waals surface area contributed by atoms with Gasteiger partial charge in [-0.3, -0.25) is 14.4 Å². The number of primary amides is 1. The number of ether oxygens (including phenoxy) is 2. The summed E-state index contributed by atoms with van der Waals surface area (Å²) in [6, 6.07) is 3.56. The number of esters is 1. The molecular weight excluding hydrogens is 448 g/mol. The SMILES string of the molecule is C=CCC(NC(=O)OC(C)(C)C)C(=O)NC(CCC(=O)OCc1ccc([NH+]([O-])O)cc1)C(N)=O. The van der Waals surface area contributed by atoms with Crippen LogP contribution in [0.3, 0.4) is 0 Å². The molecule has 0 aliphatic carbocycles. The van der Waals surface area contributed by atoms with E-state index in [1.54, 1.807) is 20.8 Å². The molecule has 3 unspecified atom stereocenters. The van der Waals surface area contributed by atoms with Gasteiger partial charge in [-0.05, 0) is 51.3 Å². The van der Waals surface area contributed by atoms with E-state index in [9.17, 15) is 24.4 Å². The third-order valence-electron chi connectivity index (χ3n) is 4.31. The Balaban J connectivity index is 2.61. The summed E-state index contributed by atoms with van der Waals surface area (Å²) in [7, 11) is 0. The number of hydrogen-bond donors (Lipinski definition) is 5. The van der Waals surface area contributed by atoms with E-state index >= 15 is 0 Å². The monoisotopic (exact) mass is 480 g/mol. The van der Waals surface area contributed by atoms with Gasteiger partial charge >= 0.3 is 12.1 Å². The maximum atomic E-state index is 12.6. The topological polar surface area (TPSA) is 185 Å². The van der Waals surface area contributed by atoms with Crippen LogP contribution in [-0.2, 0) is 30.5 Å². The molecule has 188 valence electrons. The fourth-order valence-electron chi connectivity index (χ4n) is 2.65. The molecule has 3 atom stereocenters. The van der Waals surface area contributed by atoms with Crippen molar-refractivity contribution in [1.29, 1.82) is 0 Å². The van der Waals surface area contributed by atoms with Crippen molar-refractivity contribution in [2.45, 2.75) is 64.3 Å². The summed E-state index contributed by atoms with van der Waals surface area (Å²) in [6.45, 7) is 8.46. The number of nitrogens with two attached hydrogens (primary N) is 1. The van der Waals surface area contributed by atoms with Crippen LogP contribution in [0.5, 0.6) is 0 Å². The minimum Gasteiger partial charge on any atom is -0.595 e. The lowest BCUT2D eigenvalue weighted by molar-refractivity contribution is -0.991. The Morgan fingerprint density at radius 3 is 2.29 bits per heavy atom. The van der Waals surface area contributed by atoms with Gasteiger partial charge in [0, 0.05) is 18.6 Å². The Morgan fingerprint density at radius 1 is 1.18 bits per heavy atom. The van der Waals surface area contributed by atoms with Crippen LogP contribution >= 0.6 is 0 Å². The summed E-state index contributed by atoms with van der Waals surface area (Å²) < 4.78 is 10.2. The predicted octanol–water partition coefficient (Wildman–Crippen LogP) is 0.353. The predicted molar refractivity (Wildman–Crippen MR) is 120 cm³/mol. The lowest BCUT2D eigenvalue weighted by atomic mass is 10.1. The molecule has 0 fully saturated rings. The van der Waals surface area contributed by atoms with Crippen LogP contribution in [0.2, 0.25) is 0 Å². The van der Waals surface area contributed by atoms with Crippen molar-refractivity contribution in [3.8, 4) is 0 Å². The smallest absolute Gasteiger partial charge is 0.408 e. The van der Waals surface area contributed by atoms with Crippen molar-refractivity contribution in [2.75, 3.05) is 0 Å². The summed E-state index contributed by atoms with van der Waals surface area (Å²) >= 11 is 0. The molecular formula is C22H32N4O8. The Labute approximate surface area is 197 Å². The van der Waals surface area contributed by atoms with Gasteiger partial charge in [0.25, 0.3) is 0 Å². The highest BCUT2D eigenvalue weighted by molar-refractivity contribution is 5.91. The number of benzene rings is 1. The quantitative estimate of drug-likeness (QED) is 0.161. The summed E-state index contributed by atoms with van der Waals surface area (Å²) in [4.78, 5) is 48.4. The molecule has 12 heteroatoms. The number of rotatable bonds is 12. The van der Waals surface area contributed by atoms with Crippen molar-refractivity contribution >= 4 is 29.6 Å². The summed E-state index contributed by atoms with van der Waals surface area (Å²) in [5, 5.41) is 23.5. The number of amides is 3. The minimum atomic E-state index is -1.18. The molecule has 0 saturated carbocycles. The lowest BCUT2D eigenvalue weighted by Gasteiger charge is -2.24. The molecule has 34 heavy (non-hydrogen) atoms.